The van der Waals surface area contributed by atoms with Gasteiger partial charge in [-0.25, -0.2) is 4.79 Å². The highest BCUT2D eigenvalue weighted by molar-refractivity contribution is 9.13. The van der Waals surface area contributed by atoms with E-state index >= 15 is 0 Å². The number of anilines is 1. The summed E-state index contributed by atoms with van der Waals surface area (Å²) in [5.41, 5.74) is 0.893. The zero-order chi connectivity index (χ0) is 17.9. The van der Waals surface area contributed by atoms with Gasteiger partial charge < -0.3 is 10.1 Å². The molecule has 0 radical (unpaired) electrons. The van der Waals surface area contributed by atoms with Crippen molar-refractivity contribution >= 4 is 66.4 Å². The molecule has 1 heterocycles. The Morgan fingerprint density at radius 2 is 2.04 bits per heavy atom. The predicted molar refractivity (Wildman–Crippen MR) is 96.5 cm³/mol. The van der Waals surface area contributed by atoms with Crippen LogP contribution in [0.25, 0.3) is 0 Å². The third kappa shape index (κ3) is 4.62. The summed E-state index contributed by atoms with van der Waals surface area (Å²) in [6, 6.07) is 5.66. The van der Waals surface area contributed by atoms with Crippen LogP contribution in [0, 0.1) is 17.0 Å². The normalized spacial score (nSPS) is 10.3. The number of nitro benzene ring substituents is 1. The van der Waals surface area contributed by atoms with Crippen LogP contribution in [0.5, 0.6) is 0 Å². The smallest absolute Gasteiger partial charge is 0.348 e. The number of halogens is 2. The fourth-order valence-electron chi connectivity index (χ4n) is 1.74. The number of hydrogen-bond donors (Lipinski definition) is 1. The zero-order valence-electron chi connectivity index (χ0n) is 12.2. The van der Waals surface area contributed by atoms with Crippen molar-refractivity contribution in [1.29, 1.82) is 0 Å². The quantitative estimate of drug-likeness (QED) is 0.393. The molecular weight excluding hydrogens is 468 g/mol. The molecule has 2 rings (SSSR count). The van der Waals surface area contributed by atoms with Gasteiger partial charge in [0.1, 0.15) is 4.88 Å². The van der Waals surface area contributed by atoms with Crippen LogP contribution in [0.15, 0.2) is 32.5 Å². The molecule has 1 amide bonds. The van der Waals surface area contributed by atoms with E-state index in [2.05, 4.69) is 37.2 Å². The Morgan fingerprint density at radius 1 is 1.33 bits per heavy atom. The molecule has 0 fully saturated rings. The van der Waals surface area contributed by atoms with Crippen LogP contribution >= 0.6 is 43.2 Å². The number of benzene rings is 1. The number of nitro groups is 1. The zero-order valence-corrected chi connectivity index (χ0v) is 16.2. The van der Waals surface area contributed by atoms with Gasteiger partial charge in [0, 0.05) is 22.3 Å². The lowest BCUT2D eigenvalue weighted by atomic mass is 10.2. The van der Waals surface area contributed by atoms with Gasteiger partial charge in [-0.3, -0.25) is 14.9 Å². The van der Waals surface area contributed by atoms with E-state index in [1.54, 1.807) is 13.0 Å². The third-order valence-corrected chi connectivity index (χ3v) is 6.11. The lowest BCUT2D eigenvalue weighted by Crippen LogP contribution is -2.21. The maximum Gasteiger partial charge on any atom is 0.348 e. The molecular formula is C14H10Br2N2O5S. The van der Waals surface area contributed by atoms with Gasteiger partial charge in [0.2, 0.25) is 0 Å². The number of amides is 1. The van der Waals surface area contributed by atoms with Crippen molar-refractivity contribution in [2.24, 2.45) is 0 Å². The van der Waals surface area contributed by atoms with Crippen molar-refractivity contribution in [3.8, 4) is 0 Å². The van der Waals surface area contributed by atoms with Crippen LogP contribution in [0.2, 0.25) is 0 Å². The Balaban J connectivity index is 1.94. The SMILES string of the molecule is Cc1cc([N+](=O)[O-])ccc1NC(=O)COC(=O)c1cc(Br)c(Br)s1. The highest BCUT2D eigenvalue weighted by Gasteiger charge is 2.16. The van der Waals surface area contributed by atoms with Crippen molar-refractivity contribution in [2.45, 2.75) is 6.92 Å². The minimum atomic E-state index is -0.609. The van der Waals surface area contributed by atoms with Gasteiger partial charge in [0.25, 0.3) is 11.6 Å². The number of nitrogens with zero attached hydrogens (tertiary/aromatic N) is 1. The highest BCUT2D eigenvalue weighted by atomic mass is 79.9. The fraction of sp³-hybridized carbons (Fsp3) is 0.143. The van der Waals surface area contributed by atoms with Gasteiger partial charge in [-0.15, -0.1) is 11.3 Å². The number of carbonyl (C=O) groups excluding carboxylic acids is 2. The van der Waals surface area contributed by atoms with Crippen molar-refractivity contribution in [3.63, 3.8) is 0 Å². The second kappa shape index (κ2) is 7.86. The molecule has 0 unspecified atom stereocenters. The van der Waals surface area contributed by atoms with Crippen LogP contribution in [0.4, 0.5) is 11.4 Å². The second-order valence-electron chi connectivity index (χ2n) is 4.61. The molecule has 0 spiro atoms. The van der Waals surface area contributed by atoms with Crippen LogP contribution in [-0.2, 0) is 9.53 Å². The average Bonchev–Trinajstić information content (AvgIpc) is 2.86. The molecule has 0 saturated heterocycles. The maximum absolute atomic E-state index is 11.9. The maximum atomic E-state index is 11.9. The van der Waals surface area contributed by atoms with Crippen molar-refractivity contribution in [3.05, 3.63) is 53.1 Å². The first kappa shape index (κ1) is 18.6. The predicted octanol–water partition coefficient (Wildman–Crippen LogP) is 4.29. The lowest BCUT2D eigenvalue weighted by Gasteiger charge is -2.08. The van der Waals surface area contributed by atoms with Crippen LogP contribution in [0.3, 0.4) is 0 Å². The molecule has 10 heteroatoms. The number of thiophene rings is 1. The number of hydrogen-bond acceptors (Lipinski definition) is 6. The fourth-order valence-corrected chi connectivity index (χ4v) is 3.67. The monoisotopic (exact) mass is 476 g/mol. The average molecular weight is 478 g/mol. The summed E-state index contributed by atoms with van der Waals surface area (Å²) >= 11 is 7.71. The minimum absolute atomic E-state index is 0.0641. The molecule has 0 aliphatic heterocycles. The van der Waals surface area contributed by atoms with E-state index in [0.717, 1.165) is 8.26 Å². The largest absolute Gasteiger partial charge is 0.451 e. The number of esters is 1. The first-order chi connectivity index (χ1) is 11.3. The topological polar surface area (TPSA) is 98.5 Å². The third-order valence-electron chi connectivity index (χ3n) is 2.88. The molecule has 1 N–H and O–H groups in total. The Labute approximate surface area is 157 Å². The van der Waals surface area contributed by atoms with E-state index in [1.165, 1.54) is 29.5 Å². The number of rotatable bonds is 5. The molecule has 24 heavy (non-hydrogen) atoms. The van der Waals surface area contributed by atoms with Gasteiger partial charge in [-0.05, 0) is 56.5 Å². The summed E-state index contributed by atoms with van der Waals surface area (Å²) in [7, 11) is 0. The molecule has 7 nitrogen and oxygen atoms in total. The van der Waals surface area contributed by atoms with Crippen LogP contribution < -0.4 is 5.32 Å². The summed E-state index contributed by atoms with van der Waals surface area (Å²) < 4.78 is 6.42. The first-order valence-corrected chi connectivity index (χ1v) is 8.85. The van der Waals surface area contributed by atoms with E-state index in [0.29, 0.717) is 16.1 Å². The number of nitrogens with one attached hydrogen (secondary N) is 1. The summed E-state index contributed by atoms with van der Waals surface area (Å²) in [4.78, 5) is 34.2. The Morgan fingerprint density at radius 3 is 2.58 bits per heavy atom. The number of ether oxygens (including phenoxy) is 1. The lowest BCUT2D eigenvalue weighted by molar-refractivity contribution is -0.384. The number of aryl methyl sites for hydroxylation is 1. The Bertz CT molecular complexity index is 802. The first-order valence-electron chi connectivity index (χ1n) is 6.44. The molecule has 126 valence electrons. The Hall–Kier alpha value is -1.78. The number of non-ortho nitro benzene ring substituents is 1. The summed E-state index contributed by atoms with van der Waals surface area (Å²) in [6.45, 7) is 1.18. The molecule has 2 aromatic rings. The molecule has 0 aliphatic carbocycles. The summed E-state index contributed by atoms with van der Waals surface area (Å²) in [5.74, 6) is -1.14. The molecule has 1 aromatic heterocycles. The van der Waals surface area contributed by atoms with Crippen LogP contribution in [-0.4, -0.2) is 23.4 Å². The van der Waals surface area contributed by atoms with Crippen molar-refractivity contribution in [2.75, 3.05) is 11.9 Å². The van der Waals surface area contributed by atoms with Crippen molar-refractivity contribution in [1.82, 2.24) is 0 Å². The van der Waals surface area contributed by atoms with Gasteiger partial charge in [0.15, 0.2) is 6.61 Å². The summed E-state index contributed by atoms with van der Waals surface area (Å²) in [6.07, 6.45) is 0. The van der Waals surface area contributed by atoms with Gasteiger partial charge in [-0.2, -0.15) is 0 Å². The highest BCUT2D eigenvalue weighted by Crippen LogP contribution is 2.32. The molecule has 0 saturated carbocycles. The Kier molecular flexibility index (Phi) is 6.08. The summed E-state index contributed by atoms with van der Waals surface area (Å²) in [5, 5.41) is 13.2. The van der Waals surface area contributed by atoms with Crippen molar-refractivity contribution < 1.29 is 19.2 Å². The van der Waals surface area contributed by atoms with E-state index in [4.69, 9.17) is 4.74 Å². The minimum Gasteiger partial charge on any atom is -0.451 e. The van der Waals surface area contributed by atoms with Gasteiger partial charge >= 0.3 is 5.97 Å². The van der Waals surface area contributed by atoms with Crippen LogP contribution in [0.1, 0.15) is 15.2 Å². The number of carbonyl (C=O) groups is 2. The van der Waals surface area contributed by atoms with E-state index in [-0.39, 0.29) is 5.69 Å². The molecule has 0 atom stereocenters. The van der Waals surface area contributed by atoms with Gasteiger partial charge in [0.05, 0.1) is 8.71 Å². The molecule has 1 aromatic carbocycles. The second-order valence-corrected chi connectivity index (χ2v) is 7.84. The van der Waals surface area contributed by atoms with E-state index < -0.39 is 23.4 Å². The molecule has 0 bridgehead atoms. The van der Waals surface area contributed by atoms with E-state index in [9.17, 15) is 19.7 Å². The standard InChI is InChI=1S/C14H10Br2N2O5S/c1-7-4-8(18(21)22)2-3-10(7)17-12(19)6-23-14(20)11-5-9(15)13(16)24-11/h2-5H,6H2,1H3,(H,17,19). The van der Waals surface area contributed by atoms with E-state index in [1.807, 2.05) is 0 Å². The van der Waals surface area contributed by atoms with Gasteiger partial charge in [-0.1, -0.05) is 0 Å². The molecule has 0 aliphatic rings.